The molecule has 0 spiro atoms. The van der Waals surface area contributed by atoms with Crippen LogP contribution in [-0.4, -0.2) is 47.2 Å². The maximum absolute atomic E-state index is 13.6. The molecule has 0 N–H and O–H groups in total. The van der Waals surface area contributed by atoms with E-state index in [0.717, 1.165) is 61.1 Å². The summed E-state index contributed by atoms with van der Waals surface area (Å²) in [5.41, 5.74) is 4.10. The minimum atomic E-state index is -0.433. The summed E-state index contributed by atoms with van der Waals surface area (Å²) >= 11 is 0. The van der Waals surface area contributed by atoms with E-state index in [1.165, 1.54) is 18.6 Å². The van der Waals surface area contributed by atoms with Gasteiger partial charge in [-0.15, -0.1) is 0 Å². The van der Waals surface area contributed by atoms with Gasteiger partial charge in [0.25, 0.3) is 5.69 Å². The first kappa shape index (κ1) is 23.3. The van der Waals surface area contributed by atoms with Crippen molar-refractivity contribution in [2.75, 3.05) is 20.8 Å². The van der Waals surface area contributed by atoms with Crippen LogP contribution in [0.25, 0.3) is 0 Å². The molecule has 0 bridgehead atoms. The molecule has 9 nitrogen and oxygen atoms in total. The Kier molecular flexibility index (Phi) is 6.42. The Morgan fingerprint density at radius 3 is 2.34 bits per heavy atom. The lowest BCUT2D eigenvalue weighted by molar-refractivity contribution is -0.384. The van der Waals surface area contributed by atoms with Crippen molar-refractivity contribution in [1.82, 2.24) is 9.91 Å². The van der Waals surface area contributed by atoms with E-state index < -0.39 is 11.1 Å². The summed E-state index contributed by atoms with van der Waals surface area (Å²) in [5, 5.41) is 17.7. The van der Waals surface area contributed by atoms with Gasteiger partial charge in [-0.1, -0.05) is 6.42 Å². The zero-order chi connectivity index (χ0) is 24.5. The molecular formula is C26H30N4O5. The molecule has 3 aliphatic rings. The van der Waals surface area contributed by atoms with Crippen molar-refractivity contribution in [3.8, 4) is 11.5 Å². The van der Waals surface area contributed by atoms with Gasteiger partial charge in [0.1, 0.15) is 6.17 Å². The van der Waals surface area contributed by atoms with Gasteiger partial charge in [0.05, 0.1) is 19.1 Å². The number of carbonyl (C=O) groups excluding carboxylic acids is 1. The van der Waals surface area contributed by atoms with E-state index in [9.17, 15) is 14.9 Å². The molecule has 2 aromatic rings. The zero-order valence-corrected chi connectivity index (χ0v) is 20.1. The van der Waals surface area contributed by atoms with E-state index in [1.54, 1.807) is 31.4 Å². The Labute approximate surface area is 204 Å². The summed E-state index contributed by atoms with van der Waals surface area (Å²) in [6.07, 6.45) is 5.83. The average molecular weight is 479 g/mol. The standard InChI is InChI=1S/C26H30N4O5/c1-34-23-14-18-12-13-28-22(21(18)15-24(23)35-2)16-25(31)29(27-19-6-4-3-5-7-19)26(28)17-8-10-20(11-9-17)30(32)33/h8-11,14-15,22,26H,3-7,12-13,16H2,1-2H3. The highest BCUT2D eigenvalue weighted by Gasteiger charge is 2.44. The maximum Gasteiger partial charge on any atom is 0.269 e. The first-order chi connectivity index (χ1) is 17.0. The van der Waals surface area contributed by atoms with Crippen molar-refractivity contribution < 1.29 is 19.2 Å². The minimum absolute atomic E-state index is 0.0263. The molecule has 2 atom stereocenters. The quantitative estimate of drug-likeness (QED) is 0.454. The number of hydrazone groups is 1. The van der Waals surface area contributed by atoms with E-state index >= 15 is 0 Å². The second-order valence-corrected chi connectivity index (χ2v) is 9.30. The van der Waals surface area contributed by atoms with Crippen LogP contribution in [0.3, 0.4) is 0 Å². The third-order valence-electron chi connectivity index (χ3n) is 7.30. The van der Waals surface area contributed by atoms with Crippen LogP contribution in [0.1, 0.15) is 67.4 Å². The van der Waals surface area contributed by atoms with Gasteiger partial charge in [-0.2, -0.15) is 5.10 Å². The molecule has 0 aromatic heterocycles. The average Bonchev–Trinajstić information content (AvgIpc) is 2.89. The van der Waals surface area contributed by atoms with Crippen LogP contribution in [0.5, 0.6) is 11.5 Å². The van der Waals surface area contributed by atoms with Gasteiger partial charge in [0.15, 0.2) is 11.5 Å². The molecule has 1 saturated carbocycles. The number of nitro benzene ring substituents is 1. The molecule has 2 fully saturated rings. The summed E-state index contributed by atoms with van der Waals surface area (Å²) in [7, 11) is 3.23. The number of carbonyl (C=O) groups is 1. The molecule has 5 rings (SSSR count). The molecule has 2 heterocycles. The molecule has 0 radical (unpaired) electrons. The molecule has 1 aliphatic carbocycles. The van der Waals surface area contributed by atoms with Gasteiger partial charge < -0.3 is 9.47 Å². The van der Waals surface area contributed by atoms with Crippen molar-refractivity contribution in [3.05, 3.63) is 63.2 Å². The molecule has 1 saturated heterocycles. The summed E-state index contributed by atoms with van der Waals surface area (Å²) in [6.45, 7) is 0.726. The third-order valence-corrected chi connectivity index (χ3v) is 7.30. The lowest BCUT2D eigenvalue weighted by Gasteiger charge is -2.49. The summed E-state index contributed by atoms with van der Waals surface area (Å²) in [6, 6.07) is 10.3. The fourth-order valence-corrected chi connectivity index (χ4v) is 5.53. The lowest BCUT2D eigenvalue weighted by Crippen LogP contribution is -2.52. The first-order valence-electron chi connectivity index (χ1n) is 12.1. The highest BCUT2D eigenvalue weighted by molar-refractivity contribution is 5.87. The molecule has 35 heavy (non-hydrogen) atoms. The number of non-ortho nitro benzene ring substituents is 1. The van der Waals surface area contributed by atoms with Gasteiger partial charge in [-0.05, 0) is 73.1 Å². The van der Waals surface area contributed by atoms with Crippen molar-refractivity contribution in [3.63, 3.8) is 0 Å². The monoisotopic (exact) mass is 478 g/mol. The van der Waals surface area contributed by atoms with Crippen LogP contribution in [0.4, 0.5) is 5.69 Å². The molecule has 2 unspecified atom stereocenters. The predicted molar refractivity (Wildman–Crippen MR) is 131 cm³/mol. The van der Waals surface area contributed by atoms with Gasteiger partial charge in [-0.3, -0.25) is 19.8 Å². The summed E-state index contributed by atoms with van der Waals surface area (Å²) < 4.78 is 11.0. The Balaban J connectivity index is 1.58. The maximum atomic E-state index is 13.6. The number of methoxy groups -OCH3 is 2. The normalized spacial score (nSPS) is 22.3. The van der Waals surface area contributed by atoms with Gasteiger partial charge in [0, 0.05) is 36.9 Å². The minimum Gasteiger partial charge on any atom is -0.493 e. The number of hydrogen-bond acceptors (Lipinski definition) is 7. The molecular weight excluding hydrogens is 448 g/mol. The van der Waals surface area contributed by atoms with Crippen molar-refractivity contribution in [1.29, 1.82) is 0 Å². The topological polar surface area (TPSA) is 97.5 Å². The van der Waals surface area contributed by atoms with Gasteiger partial charge in [0.2, 0.25) is 5.91 Å². The van der Waals surface area contributed by atoms with Crippen molar-refractivity contribution in [2.24, 2.45) is 5.10 Å². The highest BCUT2D eigenvalue weighted by Crippen LogP contribution is 2.47. The lowest BCUT2D eigenvalue weighted by atomic mass is 9.87. The van der Waals surface area contributed by atoms with Crippen LogP contribution in [0, 0.1) is 10.1 Å². The van der Waals surface area contributed by atoms with Gasteiger partial charge in [-0.25, -0.2) is 5.01 Å². The largest absolute Gasteiger partial charge is 0.493 e. The van der Waals surface area contributed by atoms with Crippen molar-refractivity contribution >= 4 is 17.3 Å². The number of amides is 1. The number of nitro groups is 1. The fourth-order valence-electron chi connectivity index (χ4n) is 5.53. The van der Waals surface area contributed by atoms with E-state index in [2.05, 4.69) is 4.90 Å². The fraction of sp³-hybridized carbons (Fsp3) is 0.462. The van der Waals surface area contributed by atoms with E-state index in [0.29, 0.717) is 17.9 Å². The molecule has 9 heteroatoms. The molecule has 2 aliphatic heterocycles. The smallest absolute Gasteiger partial charge is 0.269 e. The summed E-state index contributed by atoms with van der Waals surface area (Å²) in [4.78, 5) is 26.7. The summed E-state index contributed by atoms with van der Waals surface area (Å²) in [5.74, 6) is 1.27. The Bertz CT molecular complexity index is 1160. The zero-order valence-electron chi connectivity index (χ0n) is 20.1. The van der Waals surface area contributed by atoms with Crippen LogP contribution in [-0.2, 0) is 11.2 Å². The molecule has 2 aromatic carbocycles. The first-order valence-corrected chi connectivity index (χ1v) is 12.1. The van der Waals surface area contributed by atoms with Crippen LogP contribution in [0.2, 0.25) is 0 Å². The number of fused-ring (bicyclic) bond motifs is 3. The van der Waals surface area contributed by atoms with Crippen LogP contribution < -0.4 is 9.47 Å². The Hall–Kier alpha value is -3.46. The van der Waals surface area contributed by atoms with Crippen LogP contribution in [0.15, 0.2) is 41.5 Å². The number of rotatable bonds is 5. The second kappa shape index (κ2) is 9.65. The Morgan fingerprint density at radius 1 is 1.00 bits per heavy atom. The second-order valence-electron chi connectivity index (χ2n) is 9.30. The SMILES string of the molecule is COc1cc2c(cc1OC)C1CC(=O)N(N=C3CCCCC3)C(c3ccc([N+](=O)[O-])cc3)N1CC2. The van der Waals surface area contributed by atoms with E-state index in [-0.39, 0.29) is 17.6 Å². The number of nitrogens with zero attached hydrogens (tertiary/aromatic N) is 4. The van der Waals surface area contributed by atoms with Crippen LogP contribution >= 0.6 is 0 Å². The van der Waals surface area contributed by atoms with E-state index in [1.807, 2.05) is 12.1 Å². The number of ether oxygens (including phenoxy) is 2. The van der Waals surface area contributed by atoms with Gasteiger partial charge >= 0.3 is 0 Å². The predicted octanol–water partition coefficient (Wildman–Crippen LogP) is 4.76. The molecule has 1 amide bonds. The Morgan fingerprint density at radius 2 is 1.69 bits per heavy atom. The number of benzene rings is 2. The third kappa shape index (κ3) is 4.36. The van der Waals surface area contributed by atoms with Crippen molar-refractivity contribution in [2.45, 2.75) is 57.2 Å². The highest BCUT2D eigenvalue weighted by atomic mass is 16.6. The number of hydrogen-bond donors (Lipinski definition) is 0. The molecule has 184 valence electrons. The van der Waals surface area contributed by atoms with E-state index in [4.69, 9.17) is 14.6 Å².